The van der Waals surface area contributed by atoms with Gasteiger partial charge < -0.3 is 18.6 Å². The molecule has 0 bridgehead atoms. The van der Waals surface area contributed by atoms with Crippen LogP contribution in [0.2, 0.25) is 0 Å². The Morgan fingerprint density at radius 2 is 0.902 bits per heavy atom. The molecule has 6 heteroatoms. The normalized spacial score (nSPS) is 12.5. The SMILES string of the molecule is C#Cc1cc2c(cc1-n1c3ccccc3c3ccccc31)B1c3cc(-n4c5ccccc5c5ccccc54)c(C#N)cc3Oc3cccc(c31)O2. The van der Waals surface area contributed by atoms with Crippen LogP contribution >= 0.6 is 0 Å². The number of rotatable bonds is 2. The quantitative estimate of drug-likeness (QED) is 0.140. The van der Waals surface area contributed by atoms with Gasteiger partial charge in [-0.05, 0) is 65.5 Å². The minimum atomic E-state index is -0.248. The van der Waals surface area contributed by atoms with Gasteiger partial charge in [0.15, 0.2) is 0 Å². The highest BCUT2D eigenvalue weighted by Crippen LogP contribution is 2.40. The van der Waals surface area contributed by atoms with Crippen LogP contribution in [0.15, 0.2) is 140 Å². The third-order valence-corrected chi connectivity index (χ3v) is 10.6. The van der Waals surface area contributed by atoms with Gasteiger partial charge in [0.2, 0.25) is 0 Å². The fourth-order valence-electron chi connectivity index (χ4n) is 8.44. The van der Waals surface area contributed by atoms with Crippen LogP contribution in [-0.2, 0) is 0 Å². The minimum Gasteiger partial charge on any atom is -0.458 e. The number of aromatic nitrogens is 2. The van der Waals surface area contributed by atoms with Crippen LogP contribution in [-0.4, -0.2) is 15.8 Å². The number of para-hydroxylation sites is 4. The first-order valence-electron chi connectivity index (χ1n) is 16.9. The Bertz CT molecular complexity index is 2770. The van der Waals surface area contributed by atoms with Crippen LogP contribution in [0.1, 0.15) is 11.1 Å². The van der Waals surface area contributed by atoms with Crippen LogP contribution in [0.3, 0.4) is 0 Å². The summed E-state index contributed by atoms with van der Waals surface area (Å²) in [5, 5.41) is 15.2. The highest BCUT2D eigenvalue weighted by Gasteiger charge is 2.41. The first-order chi connectivity index (χ1) is 25.2. The molecule has 4 heterocycles. The number of hydrogen-bond donors (Lipinski definition) is 0. The zero-order valence-electron chi connectivity index (χ0n) is 27.1. The van der Waals surface area contributed by atoms with E-state index >= 15 is 0 Å². The molecule has 0 saturated heterocycles. The predicted octanol–water partition coefficient (Wildman–Crippen LogP) is 8.46. The fraction of sp³-hybridized carbons (Fsp3) is 0. The van der Waals surface area contributed by atoms with E-state index in [2.05, 4.69) is 118 Å². The molecule has 234 valence electrons. The summed E-state index contributed by atoms with van der Waals surface area (Å²) >= 11 is 0. The molecular weight excluding hydrogens is 625 g/mol. The number of hydrogen-bond acceptors (Lipinski definition) is 3. The molecule has 0 fully saturated rings. The maximum absolute atomic E-state index is 10.6. The summed E-state index contributed by atoms with van der Waals surface area (Å²) in [7, 11) is 0. The number of nitrogens with zero attached hydrogens (tertiary/aromatic N) is 3. The van der Waals surface area contributed by atoms with Gasteiger partial charge in [0.1, 0.15) is 29.1 Å². The Balaban J connectivity index is 1.22. The van der Waals surface area contributed by atoms with E-state index in [4.69, 9.17) is 15.9 Å². The Labute approximate surface area is 293 Å². The number of ether oxygens (including phenoxy) is 2. The van der Waals surface area contributed by atoms with E-state index < -0.39 is 0 Å². The molecule has 5 nitrogen and oxygen atoms in total. The number of nitriles is 1. The van der Waals surface area contributed by atoms with E-state index in [1.807, 2.05) is 42.5 Å². The Morgan fingerprint density at radius 3 is 1.33 bits per heavy atom. The summed E-state index contributed by atoms with van der Waals surface area (Å²) in [5.74, 6) is 5.77. The van der Waals surface area contributed by atoms with Crippen molar-refractivity contribution < 1.29 is 9.47 Å². The predicted molar refractivity (Wildman–Crippen MR) is 205 cm³/mol. The zero-order valence-corrected chi connectivity index (χ0v) is 27.1. The van der Waals surface area contributed by atoms with Gasteiger partial charge in [-0.15, -0.1) is 6.42 Å². The molecule has 2 aliphatic heterocycles. The molecule has 11 rings (SSSR count). The van der Waals surface area contributed by atoms with Gasteiger partial charge in [0, 0.05) is 33.1 Å². The lowest BCUT2D eigenvalue weighted by molar-refractivity contribution is 0.464. The second-order valence-electron chi connectivity index (χ2n) is 13.1. The van der Waals surface area contributed by atoms with Crippen molar-refractivity contribution in [1.29, 1.82) is 5.26 Å². The van der Waals surface area contributed by atoms with E-state index in [0.717, 1.165) is 82.7 Å². The molecule has 51 heavy (non-hydrogen) atoms. The van der Waals surface area contributed by atoms with E-state index in [1.165, 1.54) is 0 Å². The first kappa shape index (κ1) is 27.8. The maximum Gasteiger partial charge on any atom is 0.260 e. The average molecular weight is 650 g/mol. The lowest BCUT2D eigenvalue weighted by Gasteiger charge is -2.34. The van der Waals surface area contributed by atoms with Crippen molar-refractivity contribution in [3.63, 3.8) is 0 Å². The van der Waals surface area contributed by atoms with Gasteiger partial charge in [0.25, 0.3) is 6.71 Å². The third kappa shape index (κ3) is 3.71. The molecule has 2 aromatic heterocycles. The lowest BCUT2D eigenvalue weighted by Crippen LogP contribution is -2.57. The highest BCUT2D eigenvalue weighted by molar-refractivity contribution is 6.98. The van der Waals surface area contributed by atoms with Crippen LogP contribution in [0.5, 0.6) is 23.0 Å². The van der Waals surface area contributed by atoms with E-state index in [-0.39, 0.29) is 6.71 Å². The minimum absolute atomic E-state index is 0.248. The summed E-state index contributed by atoms with van der Waals surface area (Å²) in [6, 6.07) is 50.2. The molecule has 0 saturated carbocycles. The van der Waals surface area contributed by atoms with Crippen LogP contribution in [0.25, 0.3) is 55.0 Å². The Hall–Kier alpha value is -7.15. The molecule has 0 spiro atoms. The Kier molecular flexibility index (Phi) is 5.55. The number of terminal acetylenes is 1. The largest absolute Gasteiger partial charge is 0.458 e. The lowest BCUT2D eigenvalue weighted by atomic mass is 9.34. The molecule has 0 aliphatic carbocycles. The van der Waals surface area contributed by atoms with Gasteiger partial charge >= 0.3 is 0 Å². The molecule has 0 unspecified atom stereocenters. The molecule has 0 N–H and O–H groups in total. The molecule has 0 radical (unpaired) electrons. The smallest absolute Gasteiger partial charge is 0.260 e. The third-order valence-electron chi connectivity index (χ3n) is 10.6. The van der Waals surface area contributed by atoms with Gasteiger partial charge in [-0.25, -0.2) is 0 Å². The second kappa shape index (κ2) is 10.2. The fourth-order valence-corrected chi connectivity index (χ4v) is 8.44. The molecule has 7 aromatic carbocycles. The van der Waals surface area contributed by atoms with Crippen molar-refractivity contribution in [2.75, 3.05) is 0 Å². The van der Waals surface area contributed by atoms with Crippen molar-refractivity contribution in [2.24, 2.45) is 0 Å². The second-order valence-corrected chi connectivity index (χ2v) is 13.1. The molecule has 2 aliphatic rings. The van der Waals surface area contributed by atoms with Crippen LogP contribution in [0.4, 0.5) is 0 Å². The van der Waals surface area contributed by atoms with Crippen LogP contribution < -0.4 is 25.9 Å². The van der Waals surface area contributed by atoms with Gasteiger partial charge in [0.05, 0.1) is 44.6 Å². The van der Waals surface area contributed by atoms with Crippen molar-refractivity contribution in [2.45, 2.75) is 0 Å². The highest BCUT2D eigenvalue weighted by atomic mass is 16.5. The topological polar surface area (TPSA) is 52.1 Å². The van der Waals surface area contributed by atoms with Crippen LogP contribution in [0, 0.1) is 23.7 Å². The molecule has 0 amide bonds. The summed E-state index contributed by atoms with van der Waals surface area (Å²) in [4.78, 5) is 0. The van der Waals surface area contributed by atoms with Crippen molar-refractivity contribution >= 4 is 66.7 Å². The summed E-state index contributed by atoms with van der Waals surface area (Å²) in [5.41, 5.74) is 10.1. The number of benzene rings is 7. The van der Waals surface area contributed by atoms with Crippen molar-refractivity contribution in [1.82, 2.24) is 9.13 Å². The van der Waals surface area contributed by atoms with Gasteiger partial charge in [-0.1, -0.05) is 84.8 Å². The van der Waals surface area contributed by atoms with Gasteiger partial charge in [-0.2, -0.15) is 5.26 Å². The Morgan fingerprint density at radius 1 is 0.490 bits per heavy atom. The summed E-state index contributed by atoms with van der Waals surface area (Å²) in [6.45, 7) is -0.248. The average Bonchev–Trinajstić information content (AvgIpc) is 3.70. The van der Waals surface area contributed by atoms with E-state index in [0.29, 0.717) is 22.8 Å². The van der Waals surface area contributed by atoms with Crippen molar-refractivity contribution in [3.8, 4) is 52.8 Å². The van der Waals surface area contributed by atoms with E-state index in [9.17, 15) is 5.26 Å². The molecular formula is C45H24BN3O2. The molecule has 0 atom stereocenters. The molecule has 9 aromatic rings. The van der Waals surface area contributed by atoms with Gasteiger partial charge in [-0.3, -0.25) is 0 Å². The number of fused-ring (bicyclic) bond motifs is 10. The standard InChI is InChI=1S/C45H24BN3O2/c1-2-27-22-43-33(24-39(27)48-35-16-7-3-12-29(35)30-13-4-8-17-36(30)48)46-34-25-40(49-37-18-9-5-14-31(37)32-15-6-10-19-38(32)49)28(26-47)23-44(34)51-42-21-11-20-41(50-43)45(42)46/h1,3-25H. The first-order valence-corrected chi connectivity index (χ1v) is 16.9. The van der Waals surface area contributed by atoms with E-state index in [1.54, 1.807) is 0 Å². The maximum atomic E-state index is 10.6. The van der Waals surface area contributed by atoms with Crippen molar-refractivity contribution in [3.05, 3.63) is 151 Å². The summed E-state index contributed by atoms with van der Waals surface area (Å²) < 4.78 is 17.7. The monoisotopic (exact) mass is 649 g/mol. The summed E-state index contributed by atoms with van der Waals surface area (Å²) in [6.07, 6.45) is 6.28. The zero-order chi connectivity index (χ0) is 33.8.